The van der Waals surface area contributed by atoms with Crippen LogP contribution in [0, 0.1) is 0 Å². The first-order valence-electron chi connectivity index (χ1n) is 4.41. The summed E-state index contributed by atoms with van der Waals surface area (Å²) in [6.45, 7) is 0.549. The molecule has 2 heterocycles. The zero-order chi connectivity index (χ0) is 10.7. The predicted molar refractivity (Wildman–Crippen MR) is 59.1 cm³/mol. The van der Waals surface area contributed by atoms with Crippen molar-refractivity contribution in [3.8, 4) is 0 Å². The molecule has 0 aromatic carbocycles. The molecule has 1 amide bonds. The Morgan fingerprint density at radius 3 is 3.20 bits per heavy atom. The van der Waals surface area contributed by atoms with Gasteiger partial charge in [-0.2, -0.15) is 0 Å². The molecule has 0 spiro atoms. The number of rotatable bonds is 2. The van der Waals surface area contributed by atoms with Crippen LogP contribution in [-0.4, -0.2) is 27.7 Å². The number of amides is 1. The zero-order valence-electron chi connectivity index (χ0n) is 7.91. The quantitative estimate of drug-likeness (QED) is 0.782. The molecule has 1 aromatic rings. The summed E-state index contributed by atoms with van der Waals surface area (Å²) < 4.78 is 0. The second kappa shape index (κ2) is 4.31. The number of nitrogens with two attached hydrogens (primary N) is 1. The lowest BCUT2D eigenvalue weighted by atomic mass is 10.3. The van der Waals surface area contributed by atoms with Crippen molar-refractivity contribution >= 4 is 23.5 Å². The van der Waals surface area contributed by atoms with Crippen molar-refractivity contribution < 1.29 is 4.79 Å². The molecular weight excluding hydrogens is 212 g/mol. The molecule has 0 saturated heterocycles. The summed E-state index contributed by atoms with van der Waals surface area (Å²) in [5.41, 5.74) is 5.25. The Kier molecular flexibility index (Phi) is 2.86. The fourth-order valence-corrected chi connectivity index (χ4v) is 2.05. The lowest BCUT2D eigenvalue weighted by molar-refractivity contribution is -0.117. The molecule has 1 aliphatic rings. The van der Waals surface area contributed by atoms with Crippen molar-refractivity contribution in [2.24, 2.45) is 5.73 Å². The second-order valence-electron chi connectivity index (χ2n) is 3.03. The van der Waals surface area contributed by atoms with Crippen molar-refractivity contribution in [1.29, 1.82) is 0 Å². The molecule has 5 nitrogen and oxygen atoms in total. The van der Waals surface area contributed by atoms with Crippen LogP contribution in [0.25, 0.3) is 0 Å². The molecule has 0 bridgehead atoms. The summed E-state index contributed by atoms with van der Waals surface area (Å²) in [4.78, 5) is 20.9. The van der Waals surface area contributed by atoms with Crippen molar-refractivity contribution in [2.45, 2.75) is 5.25 Å². The summed E-state index contributed by atoms with van der Waals surface area (Å²) in [6.07, 6.45) is 5.02. The minimum atomic E-state index is -0.302. The first-order valence-corrected chi connectivity index (χ1v) is 5.36. The molecule has 0 aliphatic carbocycles. The molecule has 1 aromatic heterocycles. The number of hydrogen-bond donors (Lipinski definition) is 1. The third-order valence-electron chi connectivity index (χ3n) is 2.02. The maximum absolute atomic E-state index is 11.0. The van der Waals surface area contributed by atoms with Gasteiger partial charge in [-0.3, -0.25) is 4.79 Å². The number of carbonyl (C=O) groups is 1. The van der Waals surface area contributed by atoms with Gasteiger partial charge in [0.05, 0.1) is 0 Å². The van der Waals surface area contributed by atoms with E-state index in [2.05, 4.69) is 9.97 Å². The lowest BCUT2D eigenvalue weighted by Crippen LogP contribution is -2.38. The van der Waals surface area contributed by atoms with E-state index in [-0.39, 0.29) is 11.2 Å². The Bertz CT molecular complexity index is 381. The fourth-order valence-electron chi connectivity index (χ4n) is 1.27. The maximum Gasteiger partial charge on any atom is 0.232 e. The summed E-state index contributed by atoms with van der Waals surface area (Å²) >= 11 is 1.43. The van der Waals surface area contributed by atoms with Gasteiger partial charge in [0.2, 0.25) is 5.91 Å². The topological polar surface area (TPSA) is 72.1 Å². The Morgan fingerprint density at radius 1 is 1.67 bits per heavy atom. The van der Waals surface area contributed by atoms with E-state index in [1.54, 1.807) is 12.3 Å². The van der Waals surface area contributed by atoms with Gasteiger partial charge < -0.3 is 10.6 Å². The summed E-state index contributed by atoms with van der Waals surface area (Å²) in [5, 5.41) is 1.63. The van der Waals surface area contributed by atoms with Crippen molar-refractivity contribution in [2.75, 3.05) is 11.4 Å². The average Bonchev–Trinajstić information content (AvgIpc) is 2.30. The van der Waals surface area contributed by atoms with Gasteiger partial charge in [-0.1, -0.05) is 0 Å². The van der Waals surface area contributed by atoms with Crippen LogP contribution in [0.3, 0.4) is 0 Å². The average molecular weight is 222 g/mol. The Balaban J connectivity index is 2.15. The van der Waals surface area contributed by atoms with E-state index in [1.807, 2.05) is 16.5 Å². The van der Waals surface area contributed by atoms with Crippen molar-refractivity contribution in [3.05, 3.63) is 30.2 Å². The Labute approximate surface area is 91.4 Å². The monoisotopic (exact) mass is 222 g/mol. The highest BCUT2D eigenvalue weighted by molar-refractivity contribution is 8.03. The first kappa shape index (κ1) is 9.97. The largest absolute Gasteiger partial charge is 0.369 e. The van der Waals surface area contributed by atoms with Gasteiger partial charge in [-0.05, 0) is 11.5 Å². The summed E-state index contributed by atoms with van der Waals surface area (Å²) in [5.74, 6) is 0.469. The van der Waals surface area contributed by atoms with Crippen LogP contribution in [0.2, 0.25) is 0 Å². The third kappa shape index (κ3) is 2.27. The number of hydrogen-bond acceptors (Lipinski definition) is 5. The molecule has 6 heteroatoms. The van der Waals surface area contributed by atoms with Crippen LogP contribution in [-0.2, 0) is 4.79 Å². The lowest BCUT2D eigenvalue weighted by Gasteiger charge is -2.26. The zero-order valence-corrected chi connectivity index (χ0v) is 8.72. The summed E-state index contributed by atoms with van der Waals surface area (Å²) in [6, 6.07) is 1.79. The van der Waals surface area contributed by atoms with E-state index in [0.717, 1.165) is 5.82 Å². The van der Waals surface area contributed by atoms with Gasteiger partial charge in [0.1, 0.15) is 17.4 Å². The number of carbonyl (C=O) groups excluding carboxylic acids is 1. The molecule has 1 unspecified atom stereocenters. The highest BCUT2D eigenvalue weighted by Gasteiger charge is 2.21. The maximum atomic E-state index is 11.0. The smallest absolute Gasteiger partial charge is 0.232 e. The van der Waals surface area contributed by atoms with Crippen LogP contribution < -0.4 is 10.6 Å². The van der Waals surface area contributed by atoms with E-state index in [9.17, 15) is 4.79 Å². The van der Waals surface area contributed by atoms with E-state index >= 15 is 0 Å². The molecule has 1 aliphatic heterocycles. The third-order valence-corrected chi connectivity index (χ3v) is 3.01. The standard InChI is InChI=1S/C9H10N4OS/c10-9(14)7-5-13(3-4-15-7)8-1-2-11-6-12-8/h1-4,6-7H,5H2,(H2,10,14). The molecule has 0 radical (unpaired) electrons. The number of aromatic nitrogens is 2. The molecule has 78 valence electrons. The van der Waals surface area contributed by atoms with Crippen LogP contribution in [0.4, 0.5) is 5.82 Å². The minimum absolute atomic E-state index is 0.218. The van der Waals surface area contributed by atoms with Crippen molar-refractivity contribution in [3.63, 3.8) is 0 Å². The molecule has 15 heavy (non-hydrogen) atoms. The van der Waals surface area contributed by atoms with E-state index in [4.69, 9.17) is 5.73 Å². The first-order chi connectivity index (χ1) is 7.27. The summed E-state index contributed by atoms with van der Waals surface area (Å²) in [7, 11) is 0. The normalized spacial score (nSPS) is 20.3. The highest BCUT2D eigenvalue weighted by atomic mass is 32.2. The Morgan fingerprint density at radius 2 is 2.53 bits per heavy atom. The van der Waals surface area contributed by atoms with Gasteiger partial charge in [0.25, 0.3) is 0 Å². The Hall–Kier alpha value is -1.56. The number of primary amides is 1. The highest BCUT2D eigenvalue weighted by Crippen LogP contribution is 2.22. The van der Waals surface area contributed by atoms with Gasteiger partial charge in [-0.25, -0.2) is 9.97 Å². The second-order valence-corrected chi connectivity index (χ2v) is 4.15. The number of nitrogens with zero attached hydrogens (tertiary/aromatic N) is 3. The molecule has 0 fully saturated rings. The SMILES string of the molecule is NC(=O)C1CN(c2ccncn2)C=CS1. The van der Waals surface area contributed by atoms with Crippen LogP contribution >= 0.6 is 11.8 Å². The molecular formula is C9H10N4OS. The van der Waals surface area contributed by atoms with Crippen LogP contribution in [0.1, 0.15) is 0 Å². The molecule has 2 rings (SSSR count). The van der Waals surface area contributed by atoms with Gasteiger partial charge in [0, 0.05) is 18.9 Å². The van der Waals surface area contributed by atoms with Crippen LogP contribution in [0.5, 0.6) is 0 Å². The van der Waals surface area contributed by atoms with E-state index < -0.39 is 0 Å². The predicted octanol–water partition coefficient (Wildman–Crippen LogP) is 0.355. The molecule has 2 N–H and O–H groups in total. The fraction of sp³-hybridized carbons (Fsp3) is 0.222. The van der Waals surface area contributed by atoms with Crippen molar-refractivity contribution in [1.82, 2.24) is 9.97 Å². The number of anilines is 1. The molecule has 1 atom stereocenters. The minimum Gasteiger partial charge on any atom is -0.369 e. The van der Waals surface area contributed by atoms with Gasteiger partial charge >= 0.3 is 0 Å². The van der Waals surface area contributed by atoms with Crippen LogP contribution in [0.15, 0.2) is 30.2 Å². The van der Waals surface area contributed by atoms with E-state index in [1.165, 1.54) is 18.1 Å². The van der Waals surface area contributed by atoms with Gasteiger partial charge in [-0.15, -0.1) is 11.8 Å². The van der Waals surface area contributed by atoms with E-state index in [0.29, 0.717) is 6.54 Å². The number of thioether (sulfide) groups is 1. The molecule has 0 saturated carbocycles. The van der Waals surface area contributed by atoms with Gasteiger partial charge in [0.15, 0.2) is 0 Å².